The van der Waals surface area contributed by atoms with E-state index in [9.17, 15) is 0 Å². The molecule has 2 aromatic rings. The van der Waals surface area contributed by atoms with Crippen LogP contribution in [0.5, 0.6) is 0 Å². The van der Waals surface area contributed by atoms with Crippen LogP contribution < -0.4 is 5.32 Å². The smallest absolute Gasteiger partial charge is 0.152 e. The summed E-state index contributed by atoms with van der Waals surface area (Å²) in [6.45, 7) is 2.76. The Morgan fingerprint density at radius 1 is 1.45 bits per heavy atom. The molecule has 4 heteroatoms. The van der Waals surface area contributed by atoms with Crippen molar-refractivity contribution >= 4 is 17.3 Å². The standard InChI is InChI=1S/C16H18ClN3/c1-3-5-9-15-19-14(16(17)20-15)11-18-13-8-6-7-12(4-2)10-13/h2,6-8,10,18H,3,5,9,11H2,1H3,(H,19,20). The van der Waals surface area contributed by atoms with Crippen molar-refractivity contribution in [3.8, 4) is 12.3 Å². The number of nitrogens with zero attached hydrogens (tertiary/aromatic N) is 1. The Morgan fingerprint density at radius 3 is 3.05 bits per heavy atom. The second-order valence-corrected chi connectivity index (χ2v) is 4.99. The molecule has 0 spiro atoms. The lowest BCUT2D eigenvalue weighted by Gasteiger charge is -2.05. The maximum absolute atomic E-state index is 6.13. The summed E-state index contributed by atoms with van der Waals surface area (Å²) >= 11 is 6.13. The fourth-order valence-corrected chi connectivity index (χ4v) is 2.14. The van der Waals surface area contributed by atoms with Crippen LogP contribution in [0.4, 0.5) is 5.69 Å². The van der Waals surface area contributed by atoms with E-state index in [0.29, 0.717) is 11.7 Å². The molecule has 1 aromatic carbocycles. The van der Waals surface area contributed by atoms with Gasteiger partial charge in [0.1, 0.15) is 5.82 Å². The van der Waals surface area contributed by atoms with E-state index in [2.05, 4.69) is 28.1 Å². The van der Waals surface area contributed by atoms with Crippen LogP contribution in [0, 0.1) is 12.3 Å². The number of anilines is 1. The molecule has 104 valence electrons. The molecule has 0 saturated carbocycles. The first-order valence-electron chi connectivity index (χ1n) is 6.76. The molecular weight excluding hydrogens is 270 g/mol. The van der Waals surface area contributed by atoms with Crippen molar-refractivity contribution in [2.75, 3.05) is 5.32 Å². The quantitative estimate of drug-likeness (QED) is 0.789. The van der Waals surface area contributed by atoms with Crippen LogP contribution in [-0.4, -0.2) is 9.97 Å². The highest BCUT2D eigenvalue weighted by atomic mass is 35.5. The maximum Gasteiger partial charge on any atom is 0.152 e. The van der Waals surface area contributed by atoms with Gasteiger partial charge < -0.3 is 10.3 Å². The van der Waals surface area contributed by atoms with Crippen molar-refractivity contribution in [2.45, 2.75) is 32.7 Å². The van der Waals surface area contributed by atoms with E-state index in [0.717, 1.165) is 42.0 Å². The first-order chi connectivity index (χ1) is 9.72. The highest BCUT2D eigenvalue weighted by Crippen LogP contribution is 2.17. The molecule has 3 nitrogen and oxygen atoms in total. The maximum atomic E-state index is 6.13. The number of hydrogen-bond acceptors (Lipinski definition) is 2. The van der Waals surface area contributed by atoms with Gasteiger partial charge in [-0.25, -0.2) is 4.98 Å². The Labute approximate surface area is 124 Å². The highest BCUT2D eigenvalue weighted by molar-refractivity contribution is 6.30. The molecule has 20 heavy (non-hydrogen) atoms. The van der Waals surface area contributed by atoms with Gasteiger partial charge in [0.15, 0.2) is 5.15 Å². The van der Waals surface area contributed by atoms with Crippen molar-refractivity contribution in [2.24, 2.45) is 0 Å². The first kappa shape index (κ1) is 14.5. The number of benzene rings is 1. The van der Waals surface area contributed by atoms with E-state index in [1.54, 1.807) is 0 Å². The van der Waals surface area contributed by atoms with Crippen molar-refractivity contribution in [1.82, 2.24) is 9.97 Å². The Balaban J connectivity index is 1.99. The summed E-state index contributed by atoms with van der Waals surface area (Å²) in [4.78, 5) is 7.60. The fourth-order valence-electron chi connectivity index (χ4n) is 1.93. The van der Waals surface area contributed by atoms with Gasteiger partial charge in [0.25, 0.3) is 0 Å². The van der Waals surface area contributed by atoms with Gasteiger partial charge in [0, 0.05) is 17.7 Å². The number of H-pyrrole nitrogens is 1. The summed E-state index contributed by atoms with van der Waals surface area (Å²) in [6.07, 6.45) is 8.57. The number of nitrogens with one attached hydrogen (secondary N) is 2. The van der Waals surface area contributed by atoms with Gasteiger partial charge in [-0.15, -0.1) is 6.42 Å². The molecular formula is C16H18ClN3. The molecule has 0 aliphatic rings. The molecule has 0 radical (unpaired) electrons. The van der Waals surface area contributed by atoms with Gasteiger partial charge in [-0.1, -0.05) is 36.9 Å². The second-order valence-electron chi connectivity index (χ2n) is 4.64. The van der Waals surface area contributed by atoms with Gasteiger partial charge in [0.2, 0.25) is 0 Å². The van der Waals surface area contributed by atoms with Gasteiger partial charge in [-0.05, 0) is 24.6 Å². The van der Waals surface area contributed by atoms with Crippen LogP contribution in [-0.2, 0) is 13.0 Å². The Morgan fingerprint density at radius 2 is 2.30 bits per heavy atom. The Hall–Kier alpha value is -1.92. The van der Waals surface area contributed by atoms with Crippen molar-refractivity contribution < 1.29 is 0 Å². The zero-order valence-electron chi connectivity index (χ0n) is 11.5. The minimum atomic E-state index is 0.539. The Bertz CT molecular complexity index is 610. The monoisotopic (exact) mass is 287 g/mol. The minimum absolute atomic E-state index is 0.539. The van der Waals surface area contributed by atoms with Crippen LogP contribution in [0.3, 0.4) is 0 Å². The van der Waals surface area contributed by atoms with Crippen molar-refractivity contribution in [1.29, 1.82) is 0 Å². The molecule has 0 bridgehead atoms. The topological polar surface area (TPSA) is 40.7 Å². The molecule has 2 N–H and O–H groups in total. The van der Waals surface area contributed by atoms with Gasteiger partial charge >= 0.3 is 0 Å². The molecule has 0 atom stereocenters. The molecule has 1 aromatic heterocycles. The first-order valence-corrected chi connectivity index (χ1v) is 7.14. The SMILES string of the molecule is C#Cc1cccc(NCc2[nH]c(CCCC)nc2Cl)c1. The number of aromatic nitrogens is 2. The summed E-state index contributed by atoms with van der Waals surface area (Å²) in [5, 5.41) is 3.83. The molecule has 2 rings (SSSR count). The molecule has 1 heterocycles. The zero-order valence-corrected chi connectivity index (χ0v) is 12.3. The number of aromatic amines is 1. The zero-order chi connectivity index (χ0) is 14.4. The van der Waals surface area contributed by atoms with E-state index in [1.807, 2.05) is 24.3 Å². The number of hydrogen-bond donors (Lipinski definition) is 2. The van der Waals surface area contributed by atoms with E-state index in [4.69, 9.17) is 18.0 Å². The third kappa shape index (κ3) is 3.79. The van der Waals surface area contributed by atoms with E-state index in [-0.39, 0.29) is 0 Å². The highest BCUT2D eigenvalue weighted by Gasteiger charge is 2.07. The molecule has 0 fully saturated rings. The van der Waals surface area contributed by atoms with Crippen LogP contribution in [0.2, 0.25) is 5.15 Å². The Kier molecular flexibility index (Phi) is 5.09. The number of rotatable bonds is 6. The summed E-state index contributed by atoms with van der Waals surface area (Å²) in [6, 6.07) is 7.74. The lowest BCUT2D eigenvalue weighted by atomic mass is 10.2. The molecule has 0 unspecified atom stereocenters. The number of halogens is 1. The summed E-state index contributed by atoms with van der Waals surface area (Å²) in [5.74, 6) is 3.57. The van der Waals surface area contributed by atoms with Gasteiger partial charge in [0.05, 0.1) is 12.2 Å². The third-order valence-electron chi connectivity index (χ3n) is 3.04. The summed E-state index contributed by atoms with van der Waals surface area (Å²) < 4.78 is 0. The predicted molar refractivity (Wildman–Crippen MR) is 83.9 cm³/mol. The second kappa shape index (κ2) is 7.02. The lowest BCUT2D eigenvalue weighted by molar-refractivity contribution is 0.760. The minimum Gasteiger partial charge on any atom is -0.379 e. The summed E-state index contributed by atoms with van der Waals surface area (Å²) in [5.41, 5.74) is 2.74. The normalized spacial score (nSPS) is 10.2. The van der Waals surface area contributed by atoms with Crippen LogP contribution in [0.1, 0.15) is 36.8 Å². The van der Waals surface area contributed by atoms with Gasteiger partial charge in [-0.2, -0.15) is 0 Å². The number of unbranched alkanes of at least 4 members (excludes halogenated alkanes) is 1. The summed E-state index contributed by atoms with van der Waals surface area (Å²) in [7, 11) is 0. The van der Waals surface area contributed by atoms with Crippen LogP contribution in [0.15, 0.2) is 24.3 Å². The average Bonchev–Trinajstić information content (AvgIpc) is 2.83. The average molecular weight is 288 g/mol. The molecule has 0 aliphatic heterocycles. The molecule has 0 amide bonds. The van der Waals surface area contributed by atoms with Crippen molar-refractivity contribution in [3.05, 3.63) is 46.5 Å². The fraction of sp³-hybridized carbons (Fsp3) is 0.312. The van der Waals surface area contributed by atoms with E-state index in [1.165, 1.54) is 0 Å². The number of terminal acetylenes is 1. The molecule has 0 saturated heterocycles. The largest absolute Gasteiger partial charge is 0.379 e. The predicted octanol–water partition coefficient (Wildman–Crippen LogP) is 4.00. The van der Waals surface area contributed by atoms with Crippen molar-refractivity contribution in [3.63, 3.8) is 0 Å². The lowest BCUT2D eigenvalue weighted by Crippen LogP contribution is -2.00. The van der Waals surface area contributed by atoms with Gasteiger partial charge in [-0.3, -0.25) is 0 Å². The van der Waals surface area contributed by atoms with Crippen LogP contribution in [0.25, 0.3) is 0 Å². The number of imidazole rings is 1. The van der Waals surface area contributed by atoms with Crippen LogP contribution >= 0.6 is 11.6 Å². The number of aryl methyl sites for hydroxylation is 1. The van der Waals surface area contributed by atoms with E-state index < -0.39 is 0 Å². The molecule has 0 aliphatic carbocycles. The van der Waals surface area contributed by atoms with E-state index >= 15 is 0 Å². The third-order valence-corrected chi connectivity index (χ3v) is 3.36.